The Balaban J connectivity index is 2.57. The van der Waals surface area contributed by atoms with Gasteiger partial charge in [0, 0.05) is 0 Å². The molecule has 0 fully saturated rings. The molecule has 0 N–H and O–H groups in total. The Kier molecular flexibility index (Phi) is 4.50. The molecule has 1 nitrogen and oxygen atoms in total. The lowest BCUT2D eigenvalue weighted by Gasteiger charge is -2.17. The van der Waals surface area contributed by atoms with E-state index >= 15 is 0 Å². The van der Waals surface area contributed by atoms with Crippen molar-refractivity contribution in [3.63, 3.8) is 0 Å². The van der Waals surface area contributed by atoms with Gasteiger partial charge in [0.15, 0.2) is 0 Å². The van der Waals surface area contributed by atoms with Gasteiger partial charge in [0.05, 0.1) is 0 Å². The zero-order chi connectivity index (χ0) is 16.5. The molecule has 22 heavy (non-hydrogen) atoms. The topological polar surface area (TPSA) is 9.23 Å². The second-order valence-electron chi connectivity index (χ2n) is 5.77. The summed E-state index contributed by atoms with van der Waals surface area (Å²) >= 11 is 0. The summed E-state index contributed by atoms with van der Waals surface area (Å²) in [5, 5.41) is 0. The van der Waals surface area contributed by atoms with E-state index in [1.807, 2.05) is 32.0 Å². The fourth-order valence-electron chi connectivity index (χ4n) is 2.50. The van der Waals surface area contributed by atoms with E-state index < -0.39 is 6.36 Å². The van der Waals surface area contributed by atoms with Gasteiger partial charge in [-0.3, -0.25) is 0 Å². The van der Waals surface area contributed by atoms with E-state index in [1.54, 1.807) is 6.07 Å². The smallest absolute Gasteiger partial charge is 0.406 e. The van der Waals surface area contributed by atoms with E-state index in [9.17, 15) is 13.2 Å². The van der Waals surface area contributed by atoms with E-state index in [-0.39, 0.29) is 11.7 Å². The summed E-state index contributed by atoms with van der Waals surface area (Å²) in [4.78, 5) is 0. The van der Waals surface area contributed by atoms with Crippen LogP contribution < -0.4 is 4.74 Å². The van der Waals surface area contributed by atoms with Crippen LogP contribution in [0.1, 0.15) is 36.5 Å². The third-order valence-corrected chi connectivity index (χ3v) is 3.56. The maximum absolute atomic E-state index is 12.4. The number of aryl methyl sites for hydroxylation is 2. The van der Waals surface area contributed by atoms with Crippen LogP contribution in [0.25, 0.3) is 11.1 Å². The first-order valence-electron chi connectivity index (χ1n) is 7.14. The molecule has 0 spiro atoms. The van der Waals surface area contributed by atoms with E-state index in [0.717, 1.165) is 27.8 Å². The van der Waals surface area contributed by atoms with Crippen molar-refractivity contribution in [2.24, 2.45) is 0 Å². The van der Waals surface area contributed by atoms with E-state index in [4.69, 9.17) is 0 Å². The van der Waals surface area contributed by atoms with Gasteiger partial charge in [0.1, 0.15) is 5.75 Å². The van der Waals surface area contributed by atoms with Gasteiger partial charge in [0.2, 0.25) is 0 Å². The van der Waals surface area contributed by atoms with Crippen LogP contribution >= 0.6 is 0 Å². The first kappa shape index (κ1) is 16.4. The summed E-state index contributed by atoms with van der Waals surface area (Å²) in [6.45, 7) is 8.00. The fourth-order valence-corrected chi connectivity index (χ4v) is 2.50. The molecule has 0 amide bonds. The van der Waals surface area contributed by atoms with Crippen molar-refractivity contribution in [2.45, 2.75) is 40.0 Å². The van der Waals surface area contributed by atoms with Crippen LogP contribution in [-0.2, 0) is 0 Å². The van der Waals surface area contributed by atoms with Gasteiger partial charge < -0.3 is 4.74 Å². The minimum Gasteiger partial charge on any atom is -0.406 e. The molecule has 118 valence electrons. The molecule has 0 aliphatic carbocycles. The van der Waals surface area contributed by atoms with Crippen molar-refractivity contribution in [1.29, 1.82) is 0 Å². The summed E-state index contributed by atoms with van der Waals surface area (Å²) in [5.41, 5.74) is 4.83. The second-order valence-corrected chi connectivity index (χ2v) is 5.77. The zero-order valence-electron chi connectivity index (χ0n) is 13.1. The lowest BCUT2D eigenvalue weighted by Crippen LogP contribution is -2.17. The Hall–Kier alpha value is -1.97. The molecular weight excluding hydrogens is 289 g/mol. The zero-order valence-corrected chi connectivity index (χ0v) is 13.1. The first-order chi connectivity index (χ1) is 10.2. The molecule has 0 unspecified atom stereocenters. The highest BCUT2D eigenvalue weighted by atomic mass is 19.4. The molecule has 0 aliphatic rings. The third kappa shape index (κ3) is 3.81. The molecule has 0 bridgehead atoms. The normalized spacial score (nSPS) is 11.8. The number of alkyl halides is 3. The van der Waals surface area contributed by atoms with Crippen molar-refractivity contribution < 1.29 is 17.9 Å². The van der Waals surface area contributed by atoms with Crippen LogP contribution in [-0.4, -0.2) is 6.36 Å². The number of halogens is 3. The largest absolute Gasteiger partial charge is 0.573 e. The number of hydrogen-bond acceptors (Lipinski definition) is 1. The van der Waals surface area contributed by atoms with Gasteiger partial charge in [-0.05, 0) is 54.2 Å². The Morgan fingerprint density at radius 1 is 0.909 bits per heavy atom. The maximum Gasteiger partial charge on any atom is 0.573 e. The Labute approximate surface area is 128 Å². The average Bonchev–Trinajstić information content (AvgIpc) is 2.39. The van der Waals surface area contributed by atoms with Gasteiger partial charge in [0.25, 0.3) is 0 Å². The molecule has 2 aromatic rings. The van der Waals surface area contributed by atoms with Crippen molar-refractivity contribution in [1.82, 2.24) is 0 Å². The van der Waals surface area contributed by atoms with Crippen molar-refractivity contribution >= 4 is 0 Å². The fraction of sp³-hybridized carbons (Fsp3) is 0.333. The number of hydrogen-bond donors (Lipinski definition) is 0. The van der Waals surface area contributed by atoms with Crippen molar-refractivity contribution in [3.05, 3.63) is 53.1 Å². The highest BCUT2D eigenvalue weighted by Crippen LogP contribution is 2.35. The van der Waals surface area contributed by atoms with Crippen LogP contribution in [0.4, 0.5) is 13.2 Å². The molecule has 0 radical (unpaired) electrons. The van der Waals surface area contributed by atoms with Gasteiger partial charge in [-0.15, -0.1) is 13.2 Å². The lowest BCUT2D eigenvalue weighted by molar-refractivity contribution is -0.274. The molecule has 2 rings (SSSR count). The van der Waals surface area contributed by atoms with Crippen LogP contribution in [0, 0.1) is 13.8 Å². The highest BCUT2D eigenvalue weighted by molar-refractivity contribution is 5.73. The van der Waals surface area contributed by atoms with Crippen LogP contribution in [0.15, 0.2) is 36.4 Å². The van der Waals surface area contributed by atoms with E-state index in [1.165, 1.54) is 12.1 Å². The molecule has 2 aromatic carbocycles. The standard InChI is InChI=1S/C18H19F3O/c1-11(2)15-8-5-12(3)9-17(15)16-10-14(7-6-13(16)4)22-18(19,20)21/h5-11H,1-4H3. The number of ether oxygens (including phenoxy) is 1. The second kappa shape index (κ2) is 6.03. The van der Waals surface area contributed by atoms with Crippen LogP contribution in [0.3, 0.4) is 0 Å². The van der Waals surface area contributed by atoms with Gasteiger partial charge >= 0.3 is 6.36 Å². The molecule has 0 atom stereocenters. The average molecular weight is 308 g/mol. The van der Waals surface area contributed by atoms with Crippen LogP contribution in [0.5, 0.6) is 5.75 Å². The number of benzene rings is 2. The predicted molar refractivity (Wildman–Crippen MR) is 82.1 cm³/mol. The number of rotatable bonds is 3. The van der Waals surface area contributed by atoms with Gasteiger partial charge in [-0.1, -0.05) is 43.7 Å². The predicted octanol–water partition coefficient (Wildman–Crippen LogP) is 5.99. The molecule has 0 saturated carbocycles. The molecular formula is C18H19F3O. The lowest BCUT2D eigenvalue weighted by atomic mass is 9.89. The SMILES string of the molecule is Cc1ccc(C(C)C)c(-c2cc(OC(F)(F)F)ccc2C)c1. The van der Waals surface area contributed by atoms with Gasteiger partial charge in [-0.25, -0.2) is 0 Å². The molecule has 0 aliphatic heterocycles. The van der Waals surface area contributed by atoms with Crippen molar-refractivity contribution in [2.75, 3.05) is 0 Å². The summed E-state index contributed by atoms with van der Waals surface area (Å²) in [6.07, 6.45) is -4.68. The summed E-state index contributed by atoms with van der Waals surface area (Å²) in [6, 6.07) is 10.5. The maximum atomic E-state index is 12.4. The monoisotopic (exact) mass is 308 g/mol. The van der Waals surface area contributed by atoms with E-state index in [0.29, 0.717) is 0 Å². The molecule has 4 heteroatoms. The molecule has 0 aromatic heterocycles. The quantitative estimate of drug-likeness (QED) is 0.676. The summed E-state index contributed by atoms with van der Waals surface area (Å²) in [5.74, 6) is 0.0894. The molecule has 0 heterocycles. The Morgan fingerprint density at radius 3 is 2.18 bits per heavy atom. The van der Waals surface area contributed by atoms with Crippen molar-refractivity contribution in [3.8, 4) is 16.9 Å². The Bertz CT molecular complexity index is 673. The van der Waals surface area contributed by atoms with E-state index in [2.05, 4.69) is 18.6 Å². The van der Waals surface area contributed by atoms with Crippen LogP contribution in [0.2, 0.25) is 0 Å². The minimum absolute atomic E-state index is 0.190. The minimum atomic E-state index is -4.68. The Morgan fingerprint density at radius 2 is 1.59 bits per heavy atom. The first-order valence-corrected chi connectivity index (χ1v) is 7.14. The summed E-state index contributed by atoms with van der Waals surface area (Å²) < 4.78 is 41.3. The third-order valence-electron chi connectivity index (χ3n) is 3.56. The highest BCUT2D eigenvalue weighted by Gasteiger charge is 2.31. The van der Waals surface area contributed by atoms with Gasteiger partial charge in [-0.2, -0.15) is 0 Å². The summed E-state index contributed by atoms with van der Waals surface area (Å²) in [7, 11) is 0. The molecule has 0 saturated heterocycles.